The van der Waals surface area contributed by atoms with Crippen LogP contribution in [0.1, 0.15) is 39.8 Å². The van der Waals surface area contributed by atoms with E-state index in [1.54, 1.807) is 28.9 Å². The van der Waals surface area contributed by atoms with E-state index in [4.69, 9.17) is 16.3 Å². The van der Waals surface area contributed by atoms with Gasteiger partial charge in [-0.25, -0.2) is 14.3 Å². The molecule has 0 unspecified atom stereocenters. The summed E-state index contributed by atoms with van der Waals surface area (Å²) in [5, 5.41) is 3.83. The van der Waals surface area contributed by atoms with Gasteiger partial charge in [0, 0.05) is 11.9 Å². The number of esters is 1. The van der Waals surface area contributed by atoms with Crippen LogP contribution in [0.4, 0.5) is 13.2 Å². The minimum atomic E-state index is -4.84. The third-order valence-corrected chi connectivity index (χ3v) is 6.07. The highest BCUT2D eigenvalue weighted by Gasteiger charge is 2.36. The van der Waals surface area contributed by atoms with Gasteiger partial charge >= 0.3 is 17.8 Å². The number of hydrogen-bond acceptors (Lipinski definition) is 5. The van der Waals surface area contributed by atoms with Gasteiger partial charge in [0.25, 0.3) is 5.56 Å². The molecule has 0 aliphatic rings. The molecule has 12 heteroatoms. The van der Waals surface area contributed by atoms with Crippen LogP contribution in [0.5, 0.6) is 0 Å². The number of carbonyl (C=O) groups excluding carboxylic acids is 1. The molecule has 38 heavy (non-hydrogen) atoms. The Hall–Kier alpha value is -4.12. The molecule has 0 spiro atoms. The Morgan fingerprint density at radius 1 is 1.05 bits per heavy atom. The van der Waals surface area contributed by atoms with E-state index in [0.29, 0.717) is 10.3 Å². The zero-order valence-corrected chi connectivity index (χ0v) is 21.3. The lowest BCUT2D eigenvalue weighted by molar-refractivity contribution is -0.138. The zero-order chi connectivity index (χ0) is 27.8. The van der Waals surface area contributed by atoms with E-state index in [1.165, 1.54) is 13.0 Å². The van der Waals surface area contributed by atoms with Crippen LogP contribution >= 0.6 is 11.6 Å². The SMILES string of the molecule is CCOC(=O)c1cn(-c2ccc(-n3nc(C)cc3C)cc2)c(=O)n(Cc2cccc(Cl)c2C(F)(F)F)c1=O. The quantitative estimate of drug-likeness (QED) is 0.327. The molecule has 0 aliphatic heterocycles. The number of carbonyl (C=O) groups is 1. The van der Waals surface area contributed by atoms with Gasteiger partial charge in [0.05, 0.1) is 40.8 Å². The van der Waals surface area contributed by atoms with Gasteiger partial charge in [0.15, 0.2) is 0 Å². The van der Waals surface area contributed by atoms with E-state index in [2.05, 4.69) is 5.10 Å². The summed E-state index contributed by atoms with van der Waals surface area (Å²) in [5.41, 5.74) is -1.47. The molecule has 0 saturated carbocycles. The lowest BCUT2D eigenvalue weighted by Crippen LogP contribution is -2.42. The first kappa shape index (κ1) is 26.9. The maximum Gasteiger partial charge on any atom is 0.418 e. The van der Waals surface area contributed by atoms with Crippen molar-refractivity contribution in [2.24, 2.45) is 0 Å². The van der Waals surface area contributed by atoms with E-state index < -0.39 is 51.7 Å². The van der Waals surface area contributed by atoms with Gasteiger partial charge in [-0.1, -0.05) is 23.7 Å². The topological polar surface area (TPSA) is 88.1 Å². The number of nitrogens with zero attached hydrogens (tertiary/aromatic N) is 4. The van der Waals surface area contributed by atoms with Crippen LogP contribution in [-0.4, -0.2) is 31.5 Å². The predicted octanol–water partition coefficient (Wildman–Crippen LogP) is 4.70. The van der Waals surface area contributed by atoms with Crippen molar-refractivity contribution in [2.75, 3.05) is 6.61 Å². The number of rotatable bonds is 6. The van der Waals surface area contributed by atoms with Gasteiger partial charge in [0.2, 0.25) is 0 Å². The summed E-state index contributed by atoms with van der Waals surface area (Å²) in [5.74, 6) is -1.01. The minimum Gasteiger partial charge on any atom is -0.462 e. The first-order valence-electron chi connectivity index (χ1n) is 11.4. The number of halogens is 4. The van der Waals surface area contributed by atoms with Crippen molar-refractivity contribution in [1.29, 1.82) is 0 Å². The van der Waals surface area contributed by atoms with Gasteiger partial charge in [-0.15, -0.1) is 0 Å². The maximum atomic E-state index is 13.7. The van der Waals surface area contributed by atoms with E-state index >= 15 is 0 Å². The smallest absolute Gasteiger partial charge is 0.418 e. The van der Waals surface area contributed by atoms with Crippen LogP contribution in [0.2, 0.25) is 5.02 Å². The second-order valence-corrected chi connectivity index (χ2v) is 8.84. The first-order chi connectivity index (χ1) is 17.9. The molecule has 0 saturated heterocycles. The monoisotopic (exact) mass is 546 g/mol. The van der Waals surface area contributed by atoms with Crippen molar-refractivity contribution >= 4 is 17.6 Å². The fourth-order valence-corrected chi connectivity index (χ4v) is 4.41. The van der Waals surface area contributed by atoms with Crippen LogP contribution in [0, 0.1) is 13.8 Å². The Morgan fingerprint density at radius 2 is 1.71 bits per heavy atom. The molecule has 0 atom stereocenters. The summed E-state index contributed by atoms with van der Waals surface area (Å²) in [7, 11) is 0. The second-order valence-electron chi connectivity index (χ2n) is 8.43. The molecule has 0 fully saturated rings. The molecular formula is C26H22ClF3N4O4. The number of alkyl halides is 3. The van der Waals surface area contributed by atoms with Crippen LogP contribution in [0.15, 0.2) is 64.3 Å². The highest BCUT2D eigenvalue weighted by atomic mass is 35.5. The summed E-state index contributed by atoms with van der Waals surface area (Å²) in [4.78, 5) is 39.1. The molecule has 0 bridgehead atoms. The number of hydrogen-bond donors (Lipinski definition) is 0. The highest BCUT2D eigenvalue weighted by molar-refractivity contribution is 6.31. The standard InChI is InChI=1S/C26H22ClF3N4O4/c1-4-38-24(36)20-14-32(18-8-10-19(11-9-18)34-16(3)12-15(2)31-34)25(37)33(23(20)35)13-17-6-5-7-21(27)22(17)26(28,29)30/h5-12,14H,4,13H2,1-3H3. The van der Waals surface area contributed by atoms with E-state index in [1.807, 2.05) is 19.9 Å². The molecule has 2 heterocycles. The molecule has 4 rings (SSSR count). The lowest BCUT2D eigenvalue weighted by Gasteiger charge is -2.17. The van der Waals surface area contributed by atoms with Crippen molar-refractivity contribution in [2.45, 2.75) is 33.5 Å². The predicted molar refractivity (Wildman–Crippen MR) is 134 cm³/mol. The van der Waals surface area contributed by atoms with Crippen LogP contribution in [-0.2, 0) is 17.5 Å². The largest absolute Gasteiger partial charge is 0.462 e. The molecular weight excluding hydrogens is 525 g/mol. The van der Waals surface area contributed by atoms with Crippen LogP contribution in [0.3, 0.4) is 0 Å². The molecule has 0 aliphatic carbocycles. The Labute approximate surface area is 219 Å². The number of aromatic nitrogens is 4. The molecule has 0 N–H and O–H groups in total. The summed E-state index contributed by atoms with van der Waals surface area (Å²) < 4.78 is 49.4. The summed E-state index contributed by atoms with van der Waals surface area (Å²) >= 11 is 5.82. The van der Waals surface area contributed by atoms with Gasteiger partial charge in [-0.3, -0.25) is 13.9 Å². The highest BCUT2D eigenvalue weighted by Crippen LogP contribution is 2.37. The van der Waals surface area contributed by atoms with Crippen LogP contribution in [0.25, 0.3) is 11.4 Å². The molecule has 0 amide bonds. The van der Waals surface area contributed by atoms with E-state index in [-0.39, 0.29) is 12.3 Å². The summed E-state index contributed by atoms with van der Waals surface area (Å²) in [6.45, 7) is 4.43. The van der Waals surface area contributed by atoms with Crippen LogP contribution < -0.4 is 11.2 Å². The average Bonchev–Trinajstić information content (AvgIpc) is 3.19. The van der Waals surface area contributed by atoms with E-state index in [0.717, 1.165) is 34.3 Å². The van der Waals surface area contributed by atoms with Crippen molar-refractivity contribution in [1.82, 2.24) is 18.9 Å². The van der Waals surface area contributed by atoms with Crippen molar-refractivity contribution in [3.05, 3.63) is 109 Å². The Bertz CT molecular complexity index is 1640. The normalized spacial score (nSPS) is 11.6. The average molecular weight is 547 g/mol. The third-order valence-electron chi connectivity index (χ3n) is 5.76. The van der Waals surface area contributed by atoms with Gasteiger partial charge in [-0.05, 0) is 62.7 Å². The summed E-state index contributed by atoms with van der Waals surface area (Å²) in [6.07, 6.45) is -3.81. The first-order valence-corrected chi connectivity index (χ1v) is 11.8. The molecule has 4 aromatic rings. The fourth-order valence-electron chi connectivity index (χ4n) is 4.11. The van der Waals surface area contributed by atoms with Gasteiger partial charge < -0.3 is 4.74 Å². The number of aryl methyl sites for hydroxylation is 2. The number of ether oxygens (including phenoxy) is 1. The zero-order valence-electron chi connectivity index (χ0n) is 20.5. The van der Waals surface area contributed by atoms with Crippen molar-refractivity contribution in [3.8, 4) is 11.4 Å². The number of benzene rings is 2. The molecule has 2 aromatic heterocycles. The summed E-state index contributed by atoms with van der Waals surface area (Å²) in [6, 6.07) is 11.8. The van der Waals surface area contributed by atoms with Crippen molar-refractivity contribution < 1.29 is 22.7 Å². The van der Waals surface area contributed by atoms with Gasteiger partial charge in [-0.2, -0.15) is 18.3 Å². The Morgan fingerprint density at radius 3 is 2.29 bits per heavy atom. The lowest BCUT2D eigenvalue weighted by atomic mass is 10.1. The molecule has 2 aromatic carbocycles. The van der Waals surface area contributed by atoms with Gasteiger partial charge in [0.1, 0.15) is 5.56 Å². The Balaban J connectivity index is 1.89. The molecule has 198 valence electrons. The molecule has 0 radical (unpaired) electrons. The third kappa shape index (κ3) is 5.14. The Kier molecular flexibility index (Phi) is 7.32. The molecule has 8 nitrogen and oxygen atoms in total. The van der Waals surface area contributed by atoms with E-state index in [9.17, 15) is 27.6 Å². The van der Waals surface area contributed by atoms with Crippen molar-refractivity contribution in [3.63, 3.8) is 0 Å². The minimum absolute atomic E-state index is 0.0543. The fraction of sp³-hybridized carbons (Fsp3) is 0.231. The second kappa shape index (κ2) is 10.3. The maximum absolute atomic E-state index is 13.7.